The van der Waals surface area contributed by atoms with Gasteiger partial charge in [-0.3, -0.25) is 20.4 Å². The van der Waals surface area contributed by atoms with E-state index in [1.165, 1.54) is 43.3 Å². The lowest BCUT2D eigenvalue weighted by atomic mass is 10.3. The van der Waals surface area contributed by atoms with Crippen LogP contribution in [-0.4, -0.2) is 46.1 Å². The summed E-state index contributed by atoms with van der Waals surface area (Å²) in [5.74, 6) is -0.373. The first-order chi connectivity index (χ1) is 16.2. The van der Waals surface area contributed by atoms with Gasteiger partial charge in [0.1, 0.15) is 11.6 Å². The van der Waals surface area contributed by atoms with Gasteiger partial charge in [0.2, 0.25) is 15.9 Å². The minimum absolute atomic E-state index is 0.0161. The average Bonchev–Trinajstić information content (AvgIpc) is 3.06. The molecule has 10 nitrogen and oxygen atoms in total. The molecule has 1 unspecified atom stereocenters. The molecule has 2 aromatic rings. The maximum atomic E-state index is 12.9. The number of fused-ring (bicyclic) bond motifs is 1. The third-order valence-electron chi connectivity index (χ3n) is 4.72. The summed E-state index contributed by atoms with van der Waals surface area (Å²) >= 11 is 0. The van der Waals surface area contributed by atoms with Crippen LogP contribution in [0, 0.1) is 5.82 Å². The van der Waals surface area contributed by atoms with Gasteiger partial charge in [0.15, 0.2) is 17.6 Å². The van der Waals surface area contributed by atoms with E-state index in [1.54, 1.807) is 6.07 Å². The molecule has 1 atom stereocenters. The Morgan fingerprint density at radius 3 is 2.50 bits per heavy atom. The maximum absolute atomic E-state index is 12.9. The van der Waals surface area contributed by atoms with E-state index in [1.807, 2.05) is 0 Å². The van der Waals surface area contributed by atoms with Gasteiger partial charge in [0, 0.05) is 25.5 Å². The molecule has 0 spiro atoms. The van der Waals surface area contributed by atoms with Gasteiger partial charge in [-0.25, -0.2) is 17.5 Å². The standard InChI is InChI=1S/C22H26FN3O7S/c1-15(33-17-7-5-16(23)6-8-17)22(28)26-25-21(27)4-2-11-24-34(29,30)18-9-10-19-20(14-18)32-13-3-12-31-19/h5-10,14-15,24H,2-4,11-13H2,1H3,(H,25,27)(H,26,28). The van der Waals surface area contributed by atoms with Crippen LogP contribution >= 0.6 is 0 Å². The first-order valence-electron chi connectivity index (χ1n) is 10.6. The Labute approximate surface area is 196 Å². The van der Waals surface area contributed by atoms with E-state index < -0.39 is 33.8 Å². The molecule has 3 rings (SSSR count). The fraction of sp³-hybridized carbons (Fsp3) is 0.364. The van der Waals surface area contributed by atoms with Crippen molar-refractivity contribution in [3.05, 3.63) is 48.3 Å². The molecule has 0 saturated heterocycles. The number of nitrogens with one attached hydrogen (secondary N) is 3. The summed E-state index contributed by atoms with van der Waals surface area (Å²) in [6, 6.07) is 9.53. The number of carbonyl (C=O) groups is 2. The van der Waals surface area contributed by atoms with E-state index in [-0.39, 0.29) is 24.3 Å². The highest BCUT2D eigenvalue weighted by Crippen LogP contribution is 2.31. The van der Waals surface area contributed by atoms with Gasteiger partial charge >= 0.3 is 0 Å². The number of sulfonamides is 1. The van der Waals surface area contributed by atoms with Crippen molar-refractivity contribution in [1.82, 2.24) is 15.6 Å². The maximum Gasteiger partial charge on any atom is 0.279 e. The second kappa shape index (κ2) is 11.7. The molecule has 0 fully saturated rings. The summed E-state index contributed by atoms with van der Waals surface area (Å²) in [6.07, 6.45) is -0.0602. The molecule has 1 aliphatic heterocycles. The lowest BCUT2D eigenvalue weighted by molar-refractivity contribution is -0.132. The second-order valence-corrected chi connectivity index (χ2v) is 9.18. The Balaban J connectivity index is 1.38. The van der Waals surface area contributed by atoms with Crippen molar-refractivity contribution in [1.29, 1.82) is 0 Å². The molecule has 2 amide bonds. The first-order valence-corrected chi connectivity index (χ1v) is 12.1. The predicted molar refractivity (Wildman–Crippen MR) is 119 cm³/mol. The third-order valence-corrected chi connectivity index (χ3v) is 6.18. The summed E-state index contributed by atoms with van der Waals surface area (Å²) in [6.45, 7) is 2.42. The summed E-state index contributed by atoms with van der Waals surface area (Å²) < 4.78 is 56.7. The largest absolute Gasteiger partial charge is 0.490 e. The van der Waals surface area contributed by atoms with Crippen molar-refractivity contribution in [3.63, 3.8) is 0 Å². The van der Waals surface area contributed by atoms with E-state index in [0.29, 0.717) is 36.9 Å². The molecule has 0 aromatic heterocycles. The van der Waals surface area contributed by atoms with Crippen molar-refractivity contribution >= 4 is 21.8 Å². The van der Waals surface area contributed by atoms with Crippen molar-refractivity contribution in [3.8, 4) is 17.2 Å². The molecule has 0 radical (unpaired) electrons. The number of benzene rings is 2. The zero-order chi connectivity index (χ0) is 24.6. The molecule has 1 aliphatic rings. The number of hydrazine groups is 1. The monoisotopic (exact) mass is 495 g/mol. The predicted octanol–water partition coefficient (Wildman–Crippen LogP) is 1.66. The van der Waals surface area contributed by atoms with Crippen LogP contribution in [0.15, 0.2) is 47.4 Å². The van der Waals surface area contributed by atoms with Crippen molar-refractivity contribution in [2.75, 3.05) is 19.8 Å². The van der Waals surface area contributed by atoms with Gasteiger partial charge < -0.3 is 14.2 Å². The summed E-state index contributed by atoms with van der Waals surface area (Å²) in [5, 5.41) is 0. The summed E-state index contributed by atoms with van der Waals surface area (Å²) in [5.41, 5.74) is 4.47. The first kappa shape index (κ1) is 25.2. The molecule has 0 bridgehead atoms. The number of carbonyl (C=O) groups excluding carboxylic acids is 2. The van der Waals surface area contributed by atoms with Crippen molar-refractivity contribution < 1.29 is 36.6 Å². The summed E-state index contributed by atoms with van der Waals surface area (Å²) in [7, 11) is -3.80. The Morgan fingerprint density at radius 2 is 1.76 bits per heavy atom. The lowest BCUT2D eigenvalue weighted by Gasteiger charge is -2.15. The second-order valence-electron chi connectivity index (χ2n) is 7.41. The molecule has 184 valence electrons. The fourth-order valence-corrected chi connectivity index (χ4v) is 4.00. The van der Waals surface area contributed by atoms with Crippen LogP contribution in [0.2, 0.25) is 0 Å². The number of hydrogen-bond acceptors (Lipinski definition) is 7. The zero-order valence-corrected chi connectivity index (χ0v) is 19.3. The minimum Gasteiger partial charge on any atom is -0.490 e. The smallest absolute Gasteiger partial charge is 0.279 e. The Kier molecular flexibility index (Phi) is 8.66. The van der Waals surface area contributed by atoms with Crippen LogP contribution in [0.4, 0.5) is 4.39 Å². The number of ether oxygens (including phenoxy) is 3. The highest BCUT2D eigenvalue weighted by molar-refractivity contribution is 7.89. The zero-order valence-electron chi connectivity index (χ0n) is 18.5. The van der Waals surface area contributed by atoms with Crippen LogP contribution in [0.3, 0.4) is 0 Å². The van der Waals surface area contributed by atoms with Gasteiger partial charge in [0.05, 0.1) is 18.1 Å². The van der Waals surface area contributed by atoms with Gasteiger partial charge in [0.25, 0.3) is 5.91 Å². The lowest BCUT2D eigenvalue weighted by Crippen LogP contribution is -2.47. The number of amides is 2. The van der Waals surface area contributed by atoms with Gasteiger partial charge in [-0.15, -0.1) is 0 Å². The Hall–Kier alpha value is -3.38. The number of halogens is 1. The van der Waals surface area contributed by atoms with E-state index in [0.717, 1.165) is 0 Å². The van der Waals surface area contributed by atoms with E-state index in [4.69, 9.17) is 14.2 Å². The molecule has 3 N–H and O–H groups in total. The van der Waals surface area contributed by atoms with E-state index in [9.17, 15) is 22.4 Å². The van der Waals surface area contributed by atoms with Crippen LogP contribution in [-0.2, 0) is 19.6 Å². The molecule has 0 saturated carbocycles. The van der Waals surface area contributed by atoms with E-state index in [2.05, 4.69) is 15.6 Å². The molecule has 12 heteroatoms. The van der Waals surface area contributed by atoms with Gasteiger partial charge in [-0.1, -0.05) is 0 Å². The Morgan fingerprint density at radius 1 is 1.06 bits per heavy atom. The van der Waals surface area contributed by atoms with Crippen LogP contribution in [0.25, 0.3) is 0 Å². The van der Waals surface area contributed by atoms with Gasteiger partial charge in [-0.2, -0.15) is 0 Å². The molecule has 2 aromatic carbocycles. The van der Waals surface area contributed by atoms with E-state index >= 15 is 0 Å². The van der Waals surface area contributed by atoms with Crippen LogP contribution in [0.1, 0.15) is 26.2 Å². The SMILES string of the molecule is CC(Oc1ccc(F)cc1)C(=O)NNC(=O)CCCNS(=O)(=O)c1ccc2c(c1)OCCCO2. The van der Waals surface area contributed by atoms with Crippen molar-refractivity contribution in [2.45, 2.75) is 37.2 Å². The molecule has 0 aliphatic carbocycles. The highest BCUT2D eigenvalue weighted by atomic mass is 32.2. The highest BCUT2D eigenvalue weighted by Gasteiger charge is 2.19. The molecular formula is C22H26FN3O7S. The fourth-order valence-electron chi connectivity index (χ4n) is 2.92. The summed E-state index contributed by atoms with van der Waals surface area (Å²) in [4.78, 5) is 24.0. The normalized spacial score (nSPS) is 13.9. The Bertz CT molecular complexity index is 1110. The van der Waals surface area contributed by atoms with Gasteiger partial charge in [-0.05, 0) is 49.7 Å². The minimum atomic E-state index is -3.80. The average molecular weight is 496 g/mol. The van der Waals surface area contributed by atoms with Crippen LogP contribution < -0.4 is 29.8 Å². The number of hydrogen-bond donors (Lipinski definition) is 3. The third kappa shape index (κ3) is 7.32. The molecule has 34 heavy (non-hydrogen) atoms. The molecular weight excluding hydrogens is 469 g/mol. The number of rotatable bonds is 9. The molecule has 1 heterocycles. The van der Waals surface area contributed by atoms with Crippen LogP contribution in [0.5, 0.6) is 17.2 Å². The quantitative estimate of drug-likeness (QED) is 0.356. The van der Waals surface area contributed by atoms with Crippen molar-refractivity contribution in [2.24, 2.45) is 0 Å². The topological polar surface area (TPSA) is 132 Å².